The minimum Gasteiger partial charge on any atom is -0.507 e. The van der Waals surface area contributed by atoms with Crippen molar-refractivity contribution >= 4 is 22.0 Å². The van der Waals surface area contributed by atoms with E-state index < -0.39 is 0 Å². The number of rotatable bonds is 3. The van der Waals surface area contributed by atoms with Crippen molar-refractivity contribution in [3.05, 3.63) is 101 Å². The molecule has 0 saturated carbocycles. The van der Waals surface area contributed by atoms with Crippen LogP contribution in [0.25, 0.3) is 55.7 Å². The number of pyridine rings is 1. The lowest BCUT2D eigenvalue weighted by Gasteiger charge is -2.22. The SMILES string of the molecule is Cc1cc(-c2cc(C)cc3oc(-c4ccccc4O)nc23)cc(-c2cc(C)cc3c(C(C)(C)C)ccnc23)c1. The molecule has 0 amide bonds. The first-order chi connectivity index (χ1) is 18.6. The van der Waals surface area contributed by atoms with E-state index in [1.807, 2.05) is 24.4 Å². The van der Waals surface area contributed by atoms with Crippen LogP contribution in [-0.4, -0.2) is 15.1 Å². The largest absolute Gasteiger partial charge is 0.507 e. The van der Waals surface area contributed by atoms with E-state index >= 15 is 0 Å². The van der Waals surface area contributed by atoms with E-state index in [-0.39, 0.29) is 11.2 Å². The summed E-state index contributed by atoms with van der Waals surface area (Å²) < 4.78 is 6.16. The van der Waals surface area contributed by atoms with Crippen LogP contribution in [0.1, 0.15) is 43.0 Å². The van der Waals surface area contributed by atoms with Gasteiger partial charge in [0.2, 0.25) is 5.89 Å². The fraction of sp³-hybridized carbons (Fsp3) is 0.200. The van der Waals surface area contributed by atoms with Crippen molar-refractivity contribution in [3.8, 4) is 39.5 Å². The van der Waals surface area contributed by atoms with E-state index in [2.05, 4.69) is 84.0 Å². The third-order valence-electron chi connectivity index (χ3n) is 7.27. The molecule has 0 aliphatic carbocycles. The minimum absolute atomic E-state index is 0.00897. The van der Waals surface area contributed by atoms with E-state index in [1.165, 1.54) is 16.5 Å². The molecule has 194 valence electrons. The summed E-state index contributed by atoms with van der Waals surface area (Å²) in [7, 11) is 0. The Morgan fingerprint density at radius 1 is 0.692 bits per heavy atom. The van der Waals surface area contributed by atoms with Gasteiger partial charge in [0.15, 0.2) is 5.58 Å². The first-order valence-electron chi connectivity index (χ1n) is 13.3. The summed E-state index contributed by atoms with van der Waals surface area (Å²) in [5, 5.41) is 11.6. The van der Waals surface area contributed by atoms with Crippen molar-refractivity contribution in [3.63, 3.8) is 0 Å². The zero-order valence-corrected chi connectivity index (χ0v) is 23.3. The number of para-hydroxylation sites is 1. The molecule has 2 aromatic heterocycles. The van der Waals surface area contributed by atoms with E-state index in [0.717, 1.165) is 44.4 Å². The molecule has 6 aromatic rings. The summed E-state index contributed by atoms with van der Waals surface area (Å²) in [4.78, 5) is 9.72. The molecule has 6 rings (SSSR count). The average Bonchev–Trinajstić information content (AvgIpc) is 3.30. The Bertz CT molecular complexity index is 1890. The fourth-order valence-corrected chi connectivity index (χ4v) is 5.52. The molecule has 1 N–H and O–H groups in total. The molecule has 0 unspecified atom stereocenters. The number of oxazole rings is 1. The highest BCUT2D eigenvalue weighted by molar-refractivity contribution is 5.99. The van der Waals surface area contributed by atoms with Crippen molar-refractivity contribution in [2.24, 2.45) is 0 Å². The van der Waals surface area contributed by atoms with Gasteiger partial charge >= 0.3 is 0 Å². The number of phenolic OH excluding ortho intramolecular Hbond substituents is 1. The lowest BCUT2D eigenvalue weighted by Crippen LogP contribution is -2.12. The average molecular weight is 513 g/mol. The second-order valence-electron chi connectivity index (χ2n) is 11.6. The van der Waals surface area contributed by atoms with E-state index in [4.69, 9.17) is 14.4 Å². The molecule has 39 heavy (non-hydrogen) atoms. The van der Waals surface area contributed by atoms with Gasteiger partial charge in [-0.2, -0.15) is 0 Å². The molecule has 0 saturated heterocycles. The van der Waals surface area contributed by atoms with E-state index in [1.54, 1.807) is 12.1 Å². The van der Waals surface area contributed by atoms with Crippen molar-refractivity contribution in [2.75, 3.05) is 0 Å². The van der Waals surface area contributed by atoms with Crippen LogP contribution in [0.3, 0.4) is 0 Å². The molecule has 4 heteroatoms. The molecule has 4 nitrogen and oxygen atoms in total. The maximum absolute atomic E-state index is 10.4. The first kappa shape index (κ1) is 24.9. The number of hydrogen-bond acceptors (Lipinski definition) is 4. The van der Waals surface area contributed by atoms with Gasteiger partial charge < -0.3 is 9.52 Å². The predicted octanol–water partition coefficient (Wildman–Crippen LogP) is 9.31. The third-order valence-corrected chi connectivity index (χ3v) is 7.27. The normalized spacial score (nSPS) is 11.9. The van der Waals surface area contributed by atoms with Crippen molar-refractivity contribution in [2.45, 2.75) is 47.0 Å². The Morgan fingerprint density at radius 3 is 2.03 bits per heavy atom. The van der Waals surface area contributed by atoms with Gasteiger partial charge in [0.25, 0.3) is 0 Å². The quantitative estimate of drug-likeness (QED) is 0.257. The molecule has 0 aliphatic heterocycles. The summed E-state index contributed by atoms with van der Waals surface area (Å²) in [6, 6.07) is 24.6. The number of phenols is 1. The molecular weight excluding hydrogens is 480 g/mol. The Labute approximate surface area is 229 Å². The number of aromatic nitrogens is 2. The van der Waals surface area contributed by atoms with Crippen LogP contribution < -0.4 is 0 Å². The van der Waals surface area contributed by atoms with Gasteiger partial charge in [0, 0.05) is 22.7 Å². The molecule has 2 heterocycles. The Balaban J connectivity index is 1.57. The zero-order chi connectivity index (χ0) is 27.5. The van der Waals surface area contributed by atoms with Crippen LogP contribution in [-0.2, 0) is 5.41 Å². The smallest absolute Gasteiger partial charge is 0.231 e. The number of nitrogens with zero attached hydrogens (tertiary/aromatic N) is 2. The zero-order valence-electron chi connectivity index (χ0n) is 23.3. The van der Waals surface area contributed by atoms with Crippen LogP contribution in [0.15, 0.2) is 83.4 Å². The van der Waals surface area contributed by atoms with Gasteiger partial charge in [-0.3, -0.25) is 4.98 Å². The second kappa shape index (κ2) is 9.09. The molecule has 4 aromatic carbocycles. The predicted molar refractivity (Wildman–Crippen MR) is 160 cm³/mol. The van der Waals surface area contributed by atoms with Gasteiger partial charge in [0.05, 0.1) is 11.1 Å². The number of benzene rings is 4. The molecule has 0 radical (unpaired) electrons. The highest BCUT2D eigenvalue weighted by Gasteiger charge is 2.20. The summed E-state index contributed by atoms with van der Waals surface area (Å²) in [6.07, 6.45) is 1.93. The molecule has 0 bridgehead atoms. The first-order valence-corrected chi connectivity index (χ1v) is 13.3. The van der Waals surface area contributed by atoms with Gasteiger partial charge in [-0.1, -0.05) is 45.0 Å². The number of aromatic hydroxyl groups is 1. The second-order valence-corrected chi connectivity index (χ2v) is 11.6. The van der Waals surface area contributed by atoms with Crippen molar-refractivity contribution < 1.29 is 9.52 Å². The maximum atomic E-state index is 10.4. The Kier molecular flexibility index (Phi) is 5.80. The van der Waals surface area contributed by atoms with Crippen LogP contribution in [0.4, 0.5) is 0 Å². The topological polar surface area (TPSA) is 59.2 Å². The molecule has 0 fully saturated rings. The standard InChI is InChI=1S/C35H32N2O2/c1-20-13-23(26-15-21(2)17-28-29(35(4,5)6)11-12-36-32(26)28)19-24(14-20)27-16-22(3)18-31-33(27)37-34(39-31)25-9-7-8-10-30(25)38/h7-19,38H,1-6H3. The lowest BCUT2D eigenvalue weighted by molar-refractivity contribution is 0.474. The third kappa shape index (κ3) is 4.46. The Morgan fingerprint density at radius 2 is 1.33 bits per heavy atom. The molecule has 0 aliphatic rings. The fourth-order valence-electron chi connectivity index (χ4n) is 5.52. The van der Waals surface area contributed by atoms with Crippen LogP contribution >= 0.6 is 0 Å². The van der Waals surface area contributed by atoms with Gasteiger partial charge in [-0.05, 0) is 108 Å². The van der Waals surface area contributed by atoms with Gasteiger partial charge in [-0.15, -0.1) is 0 Å². The summed E-state index contributed by atoms with van der Waals surface area (Å²) in [5.41, 5.74) is 12.1. The molecule has 0 spiro atoms. The maximum Gasteiger partial charge on any atom is 0.231 e. The Hall–Kier alpha value is -4.44. The number of fused-ring (bicyclic) bond motifs is 2. The lowest BCUT2D eigenvalue weighted by atomic mass is 9.83. The highest BCUT2D eigenvalue weighted by atomic mass is 16.3. The molecule has 0 atom stereocenters. The number of hydrogen-bond donors (Lipinski definition) is 1. The summed E-state index contributed by atoms with van der Waals surface area (Å²) >= 11 is 0. The minimum atomic E-state index is 0.00897. The van der Waals surface area contributed by atoms with Gasteiger partial charge in [-0.25, -0.2) is 4.98 Å². The molecular formula is C35H32N2O2. The van der Waals surface area contributed by atoms with Crippen molar-refractivity contribution in [1.29, 1.82) is 0 Å². The van der Waals surface area contributed by atoms with Crippen LogP contribution in [0.5, 0.6) is 5.75 Å². The van der Waals surface area contributed by atoms with Crippen LogP contribution in [0.2, 0.25) is 0 Å². The highest BCUT2D eigenvalue weighted by Crippen LogP contribution is 2.39. The van der Waals surface area contributed by atoms with E-state index in [0.29, 0.717) is 17.0 Å². The van der Waals surface area contributed by atoms with Gasteiger partial charge in [0.1, 0.15) is 11.3 Å². The monoisotopic (exact) mass is 512 g/mol. The number of aryl methyl sites for hydroxylation is 3. The summed E-state index contributed by atoms with van der Waals surface area (Å²) in [5.74, 6) is 0.556. The van der Waals surface area contributed by atoms with Crippen LogP contribution in [0, 0.1) is 20.8 Å². The summed E-state index contributed by atoms with van der Waals surface area (Å²) in [6.45, 7) is 13.1. The van der Waals surface area contributed by atoms with E-state index in [9.17, 15) is 5.11 Å². The van der Waals surface area contributed by atoms with Crippen molar-refractivity contribution in [1.82, 2.24) is 9.97 Å².